The third kappa shape index (κ3) is 2.06. The molecule has 3 atom stereocenters. The number of thiocarbonyl (C=S) groups is 1. The van der Waals surface area contributed by atoms with Gasteiger partial charge in [-0.15, -0.1) is 0 Å². The molecule has 1 saturated heterocycles. The molecule has 0 aromatic carbocycles. The molecular formula is C13H22N2S. The predicted octanol–water partition coefficient (Wildman–Crippen LogP) is 2.54. The number of hydrogen-bond acceptors (Lipinski definition) is 1. The van der Waals surface area contributed by atoms with Crippen LogP contribution in [0.5, 0.6) is 0 Å². The first kappa shape index (κ1) is 10.8. The van der Waals surface area contributed by atoms with Crippen molar-refractivity contribution in [2.75, 3.05) is 13.1 Å². The number of rotatable bonds is 1. The number of hydrogen-bond donors (Lipinski definition) is 1. The largest absolute Gasteiger partial charge is 0.360 e. The van der Waals surface area contributed by atoms with Gasteiger partial charge in [-0.3, -0.25) is 0 Å². The summed E-state index contributed by atoms with van der Waals surface area (Å²) in [6.07, 6.45) is 9.76. The number of piperidine rings is 1. The van der Waals surface area contributed by atoms with Crippen LogP contribution in [0.2, 0.25) is 0 Å². The van der Waals surface area contributed by atoms with Crippen molar-refractivity contribution in [1.82, 2.24) is 10.2 Å². The third-order valence-electron chi connectivity index (χ3n) is 4.69. The monoisotopic (exact) mass is 238 g/mol. The molecule has 2 aliphatic carbocycles. The lowest BCUT2D eigenvalue weighted by atomic mass is 9.95. The zero-order valence-electron chi connectivity index (χ0n) is 9.95. The maximum Gasteiger partial charge on any atom is 0.169 e. The summed E-state index contributed by atoms with van der Waals surface area (Å²) in [5, 5.41) is 4.68. The van der Waals surface area contributed by atoms with E-state index in [0.717, 1.165) is 16.9 Å². The fourth-order valence-electron chi connectivity index (χ4n) is 3.77. The van der Waals surface area contributed by atoms with Crippen molar-refractivity contribution in [2.45, 2.75) is 51.0 Å². The van der Waals surface area contributed by atoms with Crippen molar-refractivity contribution in [3.63, 3.8) is 0 Å². The van der Waals surface area contributed by atoms with Crippen LogP contribution in [-0.4, -0.2) is 29.1 Å². The van der Waals surface area contributed by atoms with E-state index >= 15 is 0 Å². The minimum absolute atomic E-state index is 0.702. The van der Waals surface area contributed by atoms with E-state index in [1.165, 1.54) is 58.0 Å². The van der Waals surface area contributed by atoms with Crippen molar-refractivity contribution >= 4 is 17.3 Å². The molecule has 0 amide bonds. The molecule has 3 aliphatic rings. The molecule has 3 fully saturated rings. The van der Waals surface area contributed by atoms with E-state index in [4.69, 9.17) is 12.2 Å². The lowest BCUT2D eigenvalue weighted by Gasteiger charge is -2.33. The lowest BCUT2D eigenvalue weighted by Crippen LogP contribution is -2.48. The molecule has 0 radical (unpaired) electrons. The highest BCUT2D eigenvalue weighted by molar-refractivity contribution is 7.80. The molecule has 0 aromatic rings. The van der Waals surface area contributed by atoms with Crippen LogP contribution in [0.1, 0.15) is 44.9 Å². The summed E-state index contributed by atoms with van der Waals surface area (Å²) in [5.41, 5.74) is 0. The van der Waals surface area contributed by atoms with Crippen LogP contribution >= 0.6 is 12.2 Å². The van der Waals surface area contributed by atoms with Crippen LogP contribution in [0, 0.1) is 11.8 Å². The molecular weight excluding hydrogens is 216 g/mol. The summed E-state index contributed by atoms with van der Waals surface area (Å²) in [6, 6.07) is 0.702. The van der Waals surface area contributed by atoms with Crippen LogP contribution < -0.4 is 5.32 Å². The topological polar surface area (TPSA) is 15.3 Å². The average Bonchev–Trinajstić information content (AvgIpc) is 2.92. The summed E-state index contributed by atoms with van der Waals surface area (Å²) >= 11 is 5.54. The van der Waals surface area contributed by atoms with E-state index in [0.29, 0.717) is 6.04 Å². The first-order valence-electron chi connectivity index (χ1n) is 6.88. The molecule has 3 heteroatoms. The summed E-state index contributed by atoms with van der Waals surface area (Å²) < 4.78 is 0. The Bertz CT molecular complexity index is 273. The molecule has 3 rings (SSSR count). The quantitative estimate of drug-likeness (QED) is 0.707. The van der Waals surface area contributed by atoms with E-state index in [-0.39, 0.29) is 0 Å². The van der Waals surface area contributed by atoms with E-state index in [1.54, 1.807) is 0 Å². The predicted molar refractivity (Wildman–Crippen MR) is 70.4 cm³/mol. The summed E-state index contributed by atoms with van der Waals surface area (Å²) in [6.45, 7) is 2.35. The van der Waals surface area contributed by atoms with E-state index < -0.39 is 0 Å². The zero-order valence-corrected chi connectivity index (χ0v) is 10.8. The highest BCUT2D eigenvalue weighted by atomic mass is 32.1. The highest BCUT2D eigenvalue weighted by Crippen LogP contribution is 2.44. The van der Waals surface area contributed by atoms with Crippen LogP contribution in [0.4, 0.5) is 0 Å². The fourth-order valence-corrected chi connectivity index (χ4v) is 4.10. The second-order valence-electron chi connectivity index (χ2n) is 5.78. The van der Waals surface area contributed by atoms with Crippen LogP contribution in [0.3, 0.4) is 0 Å². The average molecular weight is 238 g/mol. The Morgan fingerprint density at radius 3 is 2.50 bits per heavy atom. The molecule has 1 heterocycles. The van der Waals surface area contributed by atoms with Gasteiger partial charge in [-0.1, -0.05) is 6.42 Å². The Morgan fingerprint density at radius 1 is 1.06 bits per heavy atom. The summed E-state index contributed by atoms with van der Waals surface area (Å²) in [7, 11) is 0. The maximum atomic E-state index is 5.54. The number of nitrogens with one attached hydrogen (secondary N) is 1. The molecule has 1 aliphatic heterocycles. The fraction of sp³-hybridized carbons (Fsp3) is 0.923. The maximum absolute atomic E-state index is 5.54. The Labute approximate surface area is 104 Å². The number of likely N-dealkylation sites (tertiary alicyclic amines) is 1. The molecule has 2 nitrogen and oxygen atoms in total. The van der Waals surface area contributed by atoms with Crippen LogP contribution in [0.15, 0.2) is 0 Å². The van der Waals surface area contributed by atoms with Gasteiger partial charge in [0.05, 0.1) is 0 Å². The van der Waals surface area contributed by atoms with Gasteiger partial charge in [0.15, 0.2) is 5.11 Å². The standard InChI is InChI=1S/C13H22N2S/c16-13(15-6-2-1-3-7-15)14-12-9-10-4-5-11(12)8-10/h10-12H,1-9H2,(H,14,16)/t10-,11+,12-/m0/s1. The Kier molecular flexibility index (Phi) is 3.05. The van der Waals surface area contributed by atoms with Crippen molar-refractivity contribution in [2.24, 2.45) is 11.8 Å². The van der Waals surface area contributed by atoms with Gasteiger partial charge in [0.1, 0.15) is 0 Å². The van der Waals surface area contributed by atoms with E-state index in [2.05, 4.69) is 10.2 Å². The highest BCUT2D eigenvalue weighted by Gasteiger charge is 2.40. The minimum atomic E-state index is 0.702. The zero-order chi connectivity index (χ0) is 11.0. The summed E-state index contributed by atoms with van der Waals surface area (Å²) in [5.74, 6) is 1.93. The molecule has 2 bridgehead atoms. The summed E-state index contributed by atoms with van der Waals surface area (Å²) in [4.78, 5) is 2.38. The molecule has 16 heavy (non-hydrogen) atoms. The van der Waals surface area contributed by atoms with E-state index in [1.807, 2.05) is 0 Å². The normalized spacial score (nSPS) is 37.8. The van der Waals surface area contributed by atoms with Gasteiger partial charge in [-0.25, -0.2) is 0 Å². The van der Waals surface area contributed by atoms with Crippen LogP contribution in [-0.2, 0) is 0 Å². The van der Waals surface area contributed by atoms with Gasteiger partial charge < -0.3 is 10.2 Å². The lowest BCUT2D eigenvalue weighted by molar-refractivity contribution is 0.319. The molecule has 0 spiro atoms. The van der Waals surface area contributed by atoms with E-state index in [9.17, 15) is 0 Å². The van der Waals surface area contributed by atoms with Gasteiger partial charge in [0.25, 0.3) is 0 Å². The third-order valence-corrected chi connectivity index (χ3v) is 5.07. The molecule has 0 unspecified atom stereocenters. The van der Waals surface area contributed by atoms with Crippen molar-refractivity contribution < 1.29 is 0 Å². The van der Waals surface area contributed by atoms with Crippen molar-refractivity contribution in [3.05, 3.63) is 0 Å². The molecule has 90 valence electrons. The number of nitrogens with zero attached hydrogens (tertiary/aromatic N) is 1. The minimum Gasteiger partial charge on any atom is -0.360 e. The smallest absolute Gasteiger partial charge is 0.169 e. The molecule has 0 aromatic heterocycles. The van der Waals surface area contributed by atoms with Crippen LogP contribution in [0.25, 0.3) is 0 Å². The van der Waals surface area contributed by atoms with Gasteiger partial charge in [0.2, 0.25) is 0 Å². The SMILES string of the molecule is S=C(N[C@H]1C[C@H]2CC[C@@H]1C2)N1CCCCC1. The Balaban J connectivity index is 1.52. The van der Waals surface area contributed by atoms with Gasteiger partial charge in [-0.2, -0.15) is 0 Å². The molecule has 1 N–H and O–H groups in total. The Morgan fingerprint density at radius 2 is 1.88 bits per heavy atom. The van der Waals surface area contributed by atoms with Gasteiger partial charge in [-0.05, 0) is 62.6 Å². The Hall–Kier alpha value is -0.310. The second kappa shape index (κ2) is 4.52. The molecule has 2 saturated carbocycles. The first-order valence-corrected chi connectivity index (χ1v) is 7.29. The van der Waals surface area contributed by atoms with Gasteiger partial charge >= 0.3 is 0 Å². The number of fused-ring (bicyclic) bond motifs is 2. The van der Waals surface area contributed by atoms with Crippen molar-refractivity contribution in [1.29, 1.82) is 0 Å². The second-order valence-corrected chi connectivity index (χ2v) is 6.17. The van der Waals surface area contributed by atoms with Gasteiger partial charge in [0, 0.05) is 19.1 Å². The first-order chi connectivity index (χ1) is 7.83. The van der Waals surface area contributed by atoms with Crippen molar-refractivity contribution in [3.8, 4) is 0 Å².